The monoisotopic (exact) mass is 391 g/mol. The number of aliphatic imine (C=N–C) groups is 1. The molecule has 0 bridgehead atoms. The molecule has 2 fully saturated rings. The number of fused-ring (bicyclic) bond motifs is 1. The van der Waals surface area contributed by atoms with Crippen molar-refractivity contribution in [2.45, 2.75) is 50.9 Å². The molecule has 2 saturated heterocycles. The van der Waals surface area contributed by atoms with E-state index < -0.39 is 0 Å². The van der Waals surface area contributed by atoms with Crippen LogP contribution in [0.2, 0.25) is 0 Å². The fourth-order valence-corrected chi connectivity index (χ4v) is 4.50. The number of guanidine groups is 1. The highest BCUT2D eigenvalue weighted by Crippen LogP contribution is 2.18. The third-order valence-electron chi connectivity index (χ3n) is 5.32. The van der Waals surface area contributed by atoms with Crippen LogP contribution in [0.3, 0.4) is 0 Å². The molecule has 4 heterocycles. The van der Waals surface area contributed by atoms with E-state index in [1.165, 1.54) is 12.8 Å². The maximum Gasteiger partial charge on any atom is 0.193 e. The van der Waals surface area contributed by atoms with Crippen LogP contribution in [0.4, 0.5) is 0 Å². The van der Waals surface area contributed by atoms with E-state index in [1.54, 1.807) is 11.3 Å². The highest BCUT2D eigenvalue weighted by Gasteiger charge is 2.23. The number of thiazole rings is 1. The highest BCUT2D eigenvalue weighted by molar-refractivity contribution is 7.15. The Kier molecular flexibility index (Phi) is 6.26. The van der Waals surface area contributed by atoms with Crippen LogP contribution < -0.4 is 5.32 Å². The first-order chi connectivity index (χ1) is 13.3. The van der Waals surface area contributed by atoms with Crippen LogP contribution in [0.15, 0.2) is 22.8 Å². The lowest BCUT2D eigenvalue weighted by Gasteiger charge is -2.35. The van der Waals surface area contributed by atoms with Gasteiger partial charge >= 0.3 is 0 Å². The van der Waals surface area contributed by atoms with E-state index in [0.717, 1.165) is 62.2 Å². The Labute approximate surface area is 164 Å². The minimum atomic E-state index is 0.302. The van der Waals surface area contributed by atoms with Crippen molar-refractivity contribution in [1.29, 1.82) is 0 Å². The lowest BCUT2D eigenvalue weighted by Crippen LogP contribution is -2.47. The van der Waals surface area contributed by atoms with Crippen molar-refractivity contribution in [2.24, 2.45) is 4.99 Å². The maximum atomic E-state index is 6.11. The average Bonchev–Trinajstić information content (AvgIpc) is 3.30. The summed E-state index contributed by atoms with van der Waals surface area (Å²) in [4.78, 5) is 12.4. The number of piperidine rings is 1. The Hall–Kier alpha value is -1.64. The Morgan fingerprint density at radius 3 is 3.00 bits per heavy atom. The van der Waals surface area contributed by atoms with Gasteiger partial charge in [-0.1, -0.05) is 0 Å². The maximum absolute atomic E-state index is 6.11. The second-order valence-electron chi connectivity index (χ2n) is 7.23. The molecule has 2 aromatic heterocycles. The molecule has 4 rings (SSSR count). The number of likely N-dealkylation sites (tertiary alicyclic amines) is 1. The number of hydrogen-bond acceptors (Lipinski definition) is 5. The molecular formula is C19H29N5O2S. The van der Waals surface area contributed by atoms with Gasteiger partial charge in [0.15, 0.2) is 10.9 Å². The summed E-state index contributed by atoms with van der Waals surface area (Å²) >= 11 is 1.65. The van der Waals surface area contributed by atoms with E-state index >= 15 is 0 Å². The summed E-state index contributed by atoms with van der Waals surface area (Å²) < 4.78 is 13.9. The summed E-state index contributed by atoms with van der Waals surface area (Å²) in [6.07, 6.45) is 10.4. The van der Waals surface area contributed by atoms with Crippen LogP contribution >= 0.6 is 11.3 Å². The van der Waals surface area contributed by atoms with Crippen molar-refractivity contribution >= 4 is 22.3 Å². The Bertz CT molecular complexity index is 716. The van der Waals surface area contributed by atoms with Gasteiger partial charge in [0.05, 0.1) is 31.1 Å². The van der Waals surface area contributed by atoms with Crippen molar-refractivity contribution in [3.8, 4) is 0 Å². The van der Waals surface area contributed by atoms with Crippen LogP contribution in [0.1, 0.15) is 37.8 Å². The minimum Gasteiger partial charge on any atom is -0.376 e. The molecular weight excluding hydrogens is 362 g/mol. The SMILES string of the molecule is CN=C(NCc1cn2ccsc2n1)N1CCC(OCC2CCCCO2)CC1. The first-order valence-electron chi connectivity index (χ1n) is 9.91. The molecule has 2 aliphatic heterocycles. The molecule has 27 heavy (non-hydrogen) atoms. The summed E-state index contributed by atoms with van der Waals surface area (Å²) in [6.45, 7) is 4.26. The summed E-state index contributed by atoms with van der Waals surface area (Å²) in [6, 6.07) is 0. The number of nitrogens with one attached hydrogen (secondary N) is 1. The van der Waals surface area contributed by atoms with Gasteiger partial charge in [-0.25, -0.2) is 4.98 Å². The van der Waals surface area contributed by atoms with Crippen LogP contribution in [-0.2, 0) is 16.0 Å². The molecule has 2 aliphatic rings. The number of nitrogens with zero attached hydrogens (tertiary/aromatic N) is 4. The third-order valence-corrected chi connectivity index (χ3v) is 6.09. The van der Waals surface area contributed by atoms with Gasteiger partial charge in [0.2, 0.25) is 0 Å². The van der Waals surface area contributed by atoms with E-state index in [1.807, 2.05) is 18.6 Å². The van der Waals surface area contributed by atoms with Gasteiger partial charge < -0.3 is 19.7 Å². The predicted molar refractivity (Wildman–Crippen MR) is 107 cm³/mol. The average molecular weight is 392 g/mol. The quantitative estimate of drug-likeness (QED) is 0.627. The van der Waals surface area contributed by atoms with Crippen LogP contribution in [0, 0.1) is 0 Å². The standard InChI is InChI=1S/C19H29N5O2S/c1-20-18(21-12-15-13-24-9-11-27-19(24)22-15)23-7-5-16(6-8-23)26-14-17-4-2-3-10-25-17/h9,11,13,16-17H,2-8,10,12,14H2,1H3,(H,20,21). The Morgan fingerprint density at radius 1 is 1.37 bits per heavy atom. The molecule has 1 N–H and O–H groups in total. The highest BCUT2D eigenvalue weighted by atomic mass is 32.1. The molecule has 7 nitrogen and oxygen atoms in total. The smallest absolute Gasteiger partial charge is 0.193 e. The van der Waals surface area contributed by atoms with Crippen LogP contribution in [0.25, 0.3) is 4.96 Å². The number of rotatable bonds is 5. The Balaban J connectivity index is 1.20. The van der Waals surface area contributed by atoms with Crippen molar-refractivity contribution in [2.75, 3.05) is 33.4 Å². The van der Waals surface area contributed by atoms with Gasteiger partial charge in [0, 0.05) is 44.5 Å². The molecule has 0 amide bonds. The number of hydrogen-bond donors (Lipinski definition) is 1. The minimum absolute atomic E-state index is 0.302. The van der Waals surface area contributed by atoms with E-state index in [9.17, 15) is 0 Å². The number of aromatic nitrogens is 2. The van der Waals surface area contributed by atoms with Gasteiger partial charge in [0.1, 0.15) is 0 Å². The van der Waals surface area contributed by atoms with Crippen LogP contribution in [-0.4, -0.2) is 65.8 Å². The van der Waals surface area contributed by atoms with Gasteiger partial charge in [0.25, 0.3) is 0 Å². The summed E-state index contributed by atoms with van der Waals surface area (Å²) in [7, 11) is 1.84. The molecule has 0 aliphatic carbocycles. The summed E-state index contributed by atoms with van der Waals surface area (Å²) in [5.74, 6) is 0.945. The molecule has 0 radical (unpaired) electrons. The molecule has 0 spiro atoms. The van der Waals surface area contributed by atoms with Gasteiger partial charge in [-0.15, -0.1) is 11.3 Å². The predicted octanol–water partition coefficient (Wildman–Crippen LogP) is 2.52. The van der Waals surface area contributed by atoms with Crippen molar-refractivity contribution < 1.29 is 9.47 Å². The molecule has 0 aromatic carbocycles. The Morgan fingerprint density at radius 2 is 2.26 bits per heavy atom. The van der Waals surface area contributed by atoms with Crippen LogP contribution in [0.5, 0.6) is 0 Å². The van der Waals surface area contributed by atoms with Gasteiger partial charge in [-0.2, -0.15) is 0 Å². The third kappa shape index (κ3) is 4.80. The first kappa shape index (κ1) is 18.7. The molecule has 0 saturated carbocycles. The molecule has 1 atom stereocenters. The largest absolute Gasteiger partial charge is 0.376 e. The molecule has 2 aromatic rings. The van der Waals surface area contributed by atoms with E-state index in [4.69, 9.17) is 9.47 Å². The topological polar surface area (TPSA) is 63.4 Å². The molecule has 1 unspecified atom stereocenters. The number of imidazole rings is 1. The zero-order valence-corrected chi connectivity index (χ0v) is 16.8. The number of ether oxygens (including phenoxy) is 2. The second-order valence-corrected chi connectivity index (χ2v) is 8.11. The van der Waals surface area contributed by atoms with Gasteiger partial charge in [-0.05, 0) is 32.1 Å². The fraction of sp³-hybridized carbons (Fsp3) is 0.684. The molecule has 8 heteroatoms. The molecule has 148 valence electrons. The first-order valence-corrected chi connectivity index (χ1v) is 10.8. The van der Waals surface area contributed by atoms with E-state index in [-0.39, 0.29) is 0 Å². The zero-order valence-electron chi connectivity index (χ0n) is 16.0. The summed E-state index contributed by atoms with van der Waals surface area (Å²) in [5.41, 5.74) is 1.04. The van der Waals surface area contributed by atoms with Crippen molar-refractivity contribution in [3.05, 3.63) is 23.5 Å². The van der Waals surface area contributed by atoms with Crippen molar-refractivity contribution in [3.63, 3.8) is 0 Å². The zero-order chi connectivity index (χ0) is 18.5. The fourth-order valence-electron chi connectivity index (χ4n) is 3.78. The normalized spacial score (nSPS) is 22.5. The lowest BCUT2D eigenvalue weighted by molar-refractivity contribution is -0.0721. The van der Waals surface area contributed by atoms with Gasteiger partial charge in [-0.3, -0.25) is 9.39 Å². The van der Waals surface area contributed by atoms with E-state index in [0.29, 0.717) is 18.8 Å². The van der Waals surface area contributed by atoms with E-state index in [2.05, 4.69) is 30.8 Å². The lowest BCUT2D eigenvalue weighted by atomic mass is 10.1. The van der Waals surface area contributed by atoms with Crippen molar-refractivity contribution in [1.82, 2.24) is 19.6 Å². The second kappa shape index (κ2) is 9.03. The summed E-state index contributed by atoms with van der Waals surface area (Å²) in [5, 5.41) is 5.50.